The Kier molecular flexibility index (Phi) is 17.2. The van der Waals surface area contributed by atoms with Crippen molar-refractivity contribution in [3.05, 3.63) is 120 Å². The zero-order chi connectivity index (χ0) is 45.4. The van der Waals surface area contributed by atoms with Crippen molar-refractivity contribution in [1.29, 1.82) is 0 Å². The van der Waals surface area contributed by atoms with Gasteiger partial charge in [0.25, 0.3) is 0 Å². The van der Waals surface area contributed by atoms with Crippen LogP contribution in [0.15, 0.2) is 108 Å². The van der Waals surface area contributed by atoms with Crippen LogP contribution in [0.4, 0.5) is 0 Å². The van der Waals surface area contributed by atoms with E-state index in [-0.39, 0.29) is 56.4 Å². The lowest BCUT2D eigenvalue weighted by Crippen LogP contribution is -2.64. The first-order valence-corrected chi connectivity index (χ1v) is 21.7. The highest BCUT2D eigenvalue weighted by atomic mass is 16.2. The fourth-order valence-corrected chi connectivity index (χ4v) is 8.00. The number of nitrogens with zero attached hydrogens (tertiary/aromatic N) is 1. The molecule has 1 saturated carbocycles. The lowest BCUT2D eigenvalue weighted by Gasteiger charge is -2.40. The number of rotatable bonds is 21. The van der Waals surface area contributed by atoms with Gasteiger partial charge in [0.1, 0.15) is 29.7 Å². The van der Waals surface area contributed by atoms with E-state index >= 15 is 0 Å². The summed E-state index contributed by atoms with van der Waals surface area (Å²) in [7, 11) is 0. The van der Waals surface area contributed by atoms with Gasteiger partial charge < -0.3 is 43.8 Å². The summed E-state index contributed by atoms with van der Waals surface area (Å²) >= 11 is 0. The van der Waals surface area contributed by atoms with Crippen LogP contribution in [0.1, 0.15) is 87.8 Å². The number of amides is 6. The molecule has 0 aromatic heterocycles. The van der Waals surface area contributed by atoms with Crippen LogP contribution in [0.3, 0.4) is 0 Å². The summed E-state index contributed by atoms with van der Waals surface area (Å²) in [6.07, 6.45) is 3.28. The molecule has 0 aliphatic heterocycles. The topological polar surface area (TPSA) is 253 Å². The van der Waals surface area contributed by atoms with Gasteiger partial charge in [-0.2, -0.15) is 0 Å². The Labute approximate surface area is 368 Å². The third-order valence-corrected chi connectivity index (χ3v) is 11.6. The Balaban J connectivity index is 1.42. The molecule has 6 amide bonds. The third kappa shape index (κ3) is 13.9. The molecule has 5 rings (SSSR count). The molecule has 4 atom stereocenters. The summed E-state index contributed by atoms with van der Waals surface area (Å²) in [5.74, 6) is -3.43. The molecule has 0 saturated heterocycles. The summed E-state index contributed by atoms with van der Waals surface area (Å²) in [6, 6.07) is 28.0. The van der Waals surface area contributed by atoms with Gasteiger partial charge in [0, 0.05) is 25.8 Å². The molecule has 0 heterocycles. The van der Waals surface area contributed by atoms with E-state index in [9.17, 15) is 28.8 Å². The molecule has 15 heteroatoms. The molecule has 1 unspecified atom stereocenters. The van der Waals surface area contributed by atoms with E-state index in [0.29, 0.717) is 32.1 Å². The van der Waals surface area contributed by atoms with Crippen LogP contribution in [0.5, 0.6) is 0 Å². The number of hydrogen-bond donors (Lipinski definition) is 8. The van der Waals surface area contributed by atoms with Gasteiger partial charge in [-0.1, -0.05) is 110 Å². The molecule has 0 bridgehead atoms. The molecule has 15 nitrogen and oxygen atoms in total. The van der Waals surface area contributed by atoms with Gasteiger partial charge in [-0.25, -0.2) is 0 Å². The monoisotopic (exact) mass is 859 g/mol. The first kappa shape index (κ1) is 47.3. The smallest absolute Gasteiger partial charge is 0.246 e. The quantitative estimate of drug-likeness (QED) is 0.0350. The first-order valence-electron chi connectivity index (χ1n) is 21.7. The molecule has 4 aromatic rings. The van der Waals surface area contributed by atoms with Crippen molar-refractivity contribution in [3.8, 4) is 0 Å². The fourth-order valence-electron chi connectivity index (χ4n) is 8.00. The molecule has 1 aliphatic carbocycles. The summed E-state index contributed by atoms with van der Waals surface area (Å²) < 4.78 is 0. The van der Waals surface area contributed by atoms with Crippen molar-refractivity contribution in [2.45, 2.75) is 114 Å². The Morgan fingerprint density at radius 2 is 1.25 bits per heavy atom. The molecule has 63 heavy (non-hydrogen) atoms. The van der Waals surface area contributed by atoms with E-state index in [1.807, 2.05) is 97.9 Å². The lowest BCUT2D eigenvalue weighted by molar-refractivity contribution is -0.138. The average molecular weight is 860 g/mol. The maximum Gasteiger partial charge on any atom is 0.246 e. The van der Waals surface area contributed by atoms with Gasteiger partial charge in [0.2, 0.25) is 35.4 Å². The minimum Gasteiger partial charge on any atom is -0.370 e. The van der Waals surface area contributed by atoms with Crippen molar-refractivity contribution < 1.29 is 28.8 Å². The highest BCUT2D eigenvalue weighted by Crippen LogP contribution is 2.38. The molecule has 4 aromatic carbocycles. The SMILES string of the molecule is CCCC(=O)NC1(C(=O)N[C@H](Cc2ccccc2)C(=O)N[C@@H](CCCN=C(N)N)C(=O)NC(Cc2ccc3ccccc3c2)C(=O)N[C@@H](C)C(N)=O)CCC(c2ccccc2)CC1. The van der Waals surface area contributed by atoms with E-state index in [1.165, 1.54) is 6.92 Å². The number of nitrogens with one attached hydrogen (secondary N) is 5. The van der Waals surface area contributed by atoms with Gasteiger partial charge in [-0.3, -0.25) is 33.8 Å². The standard InChI is InChI=1S/C48H61N9O6/c1-3-13-41(58)57-48(25-23-36(24-26-48)34-16-8-5-9-17-34)46(63)56-40(29-32-14-6-4-7-15-32)45(62)54-38(20-12-27-52-47(50)51)43(60)55-39(44(61)53-31(2)42(49)59)30-33-21-22-35-18-10-11-19-37(35)28-33/h4-11,14-19,21-22,28,31,36,38-40H,3,12-13,20,23-27,29-30H2,1-2H3,(H2,49,59)(H,53,61)(H,54,62)(H,55,60)(H,56,63)(H,57,58)(H4,50,51,52)/t31-,36?,38-,39?,40+,48?/m0/s1. The number of hydrogen-bond acceptors (Lipinski definition) is 7. The number of aliphatic imine (C=N–C) groups is 1. The number of carbonyl (C=O) groups is 6. The number of benzene rings is 4. The normalized spacial score (nSPS) is 17.8. The molecule has 11 N–H and O–H groups in total. The van der Waals surface area contributed by atoms with E-state index in [4.69, 9.17) is 17.2 Å². The minimum absolute atomic E-state index is 0.0478. The van der Waals surface area contributed by atoms with Crippen LogP contribution in [-0.4, -0.2) is 77.7 Å². The number of fused-ring (bicyclic) bond motifs is 1. The number of primary amides is 1. The largest absolute Gasteiger partial charge is 0.370 e. The van der Waals surface area contributed by atoms with Gasteiger partial charge in [-0.15, -0.1) is 0 Å². The second-order valence-corrected chi connectivity index (χ2v) is 16.4. The Morgan fingerprint density at radius 3 is 1.90 bits per heavy atom. The van der Waals surface area contributed by atoms with E-state index in [0.717, 1.165) is 27.5 Å². The highest BCUT2D eigenvalue weighted by molar-refractivity contribution is 5.98. The Hall–Kier alpha value is -6.77. The van der Waals surface area contributed by atoms with Gasteiger partial charge in [0.15, 0.2) is 5.96 Å². The fraction of sp³-hybridized carbons (Fsp3) is 0.396. The molecule has 334 valence electrons. The maximum absolute atomic E-state index is 14.6. The zero-order valence-corrected chi connectivity index (χ0v) is 36.1. The molecule has 0 spiro atoms. The minimum atomic E-state index is -1.27. The molecular formula is C48H61N9O6. The van der Waals surface area contributed by atoms with Crippen LogP contribution in [0, 0.1) is 0 Å². The predicted octanol–water partition coefficient (Wildman–Crippen LogP) is 3.14. The molecule has 1 aliphatic rings. The van der Waals surface area contributed by atoms with Crippen LogP contribution >= 0.6 is 0 Å². The van der Waals surface area contributed by atoms with Gasteiger partial charge >= 0.3 is 0 Å². The third-order valence-electron chi connectivity index (χ3n) is 11.6. The van der Waals surface area contributed by atoms with Crippen LogP contribution in [-0.2, 0) is 41.6 Å². The van der Waals surface area contributed by atoms with Gasteiger partial charge in [-0.05, 0) is 85.3 Å². The van der Waals surface area contributed by atoms with E-state index in [1.54, 1.807) is 0 Å². The van der Waals surface area contributed by atoms with Crippen LogP contribution in [0.2, 0.25) is 0 Å². The molecule has 0 radical (unpaired) electrons. The molecule has 1 fully saturated rings. The van der Waals surface area contributed by atoms with Crippen molar-refractivity contribution in [1.82, 2.24) is 26.6 Å². The van der Waals surface area contributed by atoms with Gasteiger partial charge in [0.05, 0.1) is 0 Å². The summed E-state index contributed by atoms with van der Waals surface area (Å²) in [5, 5.41) is 16.2. The van der Waals surface area contributed by atoms with Crippen molar-refractivity contribution in [2.75, 3.05) is 6.54 Å². The summed E-state index contributed by atoms with van der Waals surface area (Å²) in [4.78, 5) is 86.4. The van der Waals surface area contributed by atoms with Crippen molar-refractivity contribution >= 4 is 52.2 Å². The van der Waals surface area contributed by atoms with Crippen LogP contribution in [0.25, 0.3) is 10.8 Å². The number of carbonyl (C=O) groups excluding carboxylic acids is 6. The predicted molar refractivity (Wildman–Crippen MR) is 244 cm³/mol. The zero-order valence-electron chi connectivity index (χ0n) is 36.1. The number of guanidine groups is 1. The molecular weight excluding hydrogens is 799 g/mol. The average Bonchev–Trinajstić information content (AvgIpc) is 3.27. The Bertz CT molecular complexity index is 2220. The Morgan fingerprint density at radius 1 is 0.683 bits per heavy atom. The highest BCUT2D eigenvalue weighted by Gasteiger charge is 2.44. The van der Waals surface area contributed by atoms with Crippen molar-refractivity contribution in [3.63, 3.8) is 0 Å². The van der Waals surface area contributed by atoms with E-state index in [2.05, 4.69) is 43.7 Å². The maximum atomic E-state index is 14.6. The van der Waals surface area contributed by atoms with Crippen molar-refractivity contribution in [2.24, 2.45) is 22.2 Å². The number of nitrogens with two attached hydrogens (primary N) is 3. The summed E-state index contributed by atoms with van der Waals surface area (Å²) in [6.45, 7) is 3.48. The van der Waals surface area contributed by atoms with E-state index < -0.39 is 59.2 Å². The summed E-state index contributed by atoms with van der Waals surface area (Å²) in [5.41, 5.74) is 18.0. The first-order chi connectivity index (χ1) is 30.3. The second-order valence-electron chi connectivity index (χ2n) is 16.4. The second kappa shape index (κ2) is 22.9. The lowest BCUT2D eigenvalue weighted by atomic mass is 9.73. The van der Waals surface area contributed by atoms with Crippen LogP contribution < -0.4 is 43.8 Å².